The summed E-state index contributed by atoms with van der Waals surface area (Å²) >= 11 is 0. The van der Waals surface area contributed by atoms with Crippen molar-refractivity contribution >= 4 is 141 Å². The molecule has 0 saturated carbocycles. The van der Waals surface area contributed by atoms with E-state index >= 15 is 0 Å². The Bertz CT molecular complexity index is 9410. The second kappa shape index (κ2) is 33.5. The molecule has 28 aromatic rings. The van der Waals surface area contributed by atoms with E-state index in [4.69, 9.17) is 9.97 Å². The van der Waals surface area contributed by atoms with Gasteiger partial charge >= 0.3 is 0 Å². The monoisotopic (exact) mass is 1740 g/mol. The smallest absolute Gasteiger partial charge is 0.138 e. The van der Waals surface area contributed by atoms with Crippen LogP contribution in [0.1, 0.15) is 0 Å². The number of hydrogen-bond acceptors (Lipinski definition) is 3. The summed E-state index contributed by atoms with van der Waals surface area (Å²) in [5.74, 6) is 1.80. The molecule has 640 valence electrons. The molecular weight excluding hydrogens is 1660 g/mol. The van der Waals surface area contributed by atoms with Gasteiger partial charge in [-0.05, 0) is 227 Å². The number of pyridine rings is 3. The van der Waals surface area contributed by atoms with Crippen LogP contribution in [0.15, 0.2) is 510 Å². The van der Waals surface area contributed by atoms with Crippen LogP contribution in [0.3, 0.4) is 0 Å². The highest BCUT2D eigenvalue weighted by molar-refractivity contribution is 6.26. The van der Waals surface area contributed by atoms with Crippen LogP contribution in [-0.2, 0) is 0 Å². The largest absolute Gasteiger partial charge is 0.309 e. The number of rotatable bonds is 12. The minimum absolute atomic E-state index is 0.896. The van der Waals surface area contributed by atoms with E-state index < -0.39 is 0 Å². The van der Waals surface area contributed by atoms with E-state index in [0.29, 0.717) is 0 Å². The van der Waals surface area contributed by atoms with E-state index in [0.717, 1.165) is 90.0 Å². The molecule has 0 N–H and O–H groups in total. The zero-order valence-corrected chi connectivity index (χ0v) is 74.6. The second-order valence-electron chi connectivity index (χ2n) is 35.2. The highest BCUT2D eigenvalue weighted by atomic mass is 15.1. The summed E-state index contributed by atoms with van der Waals surface area (Å²) in [4.78, 5) is 14.9. The Morgan fingerprint density at radius 3 is 0.891 bits per heavy atom. The van der Waals surface area contributed by atoms with Crippen LogP contribution in [0.2, 0.25) is 0 Å². The van der Waals surface area contributed by atoms with Gasteiger partial charge in [0.25, 0.3) is 0 Å². The van der Waals surface area contributed by atoms with E-state index in [9.17, 15) is 0 Å². The van der Waals surface area contributed by atoms with Crippen LogP contribution < -0.4 is 0 Å². The summed E-state index contributed by atoms with van der Waals surface area (Å²) in [5, 5.41) is 20.2. The molecule has 0 amide bonds. The molecule has 8 heterocycles. The van der Waals surface area contributed by atoms with Gasteiger partial charge in [-0.3, -0.25) is 14.1 Å². The first-order chi connectivity index (χ1) is 68.0. The minimum Gasteiger partial charge on any atom is -0.309 e. The maximum atomic E-state index is 5.36. The molecule has 137 heavy (non-hydrogen) atoms. The van der Waals surface area contributed by atoms with Gasteiger partial charge in [0.2, 0.25) is 0 Å². The maximum Gasteiger partial charge on any atom is 0.138 e. The lowest BCUT2D eigenvalue weighted by Gasteiger charge is -2.13. The summed E-state index contributed by atoms with van der Waals surface area (Å²) in [6, 6.07) is 179. The van der Waals surface area contributed by atoms with Crippen molar-refractivity contribution in [1.82, 2.24) is 37.8 Å². The average Bonchev–Trinajstić information content (AvgIpc) is 1.60. The first-order valence-corrected chi connectivity index (χ1v) is 46.8. The Morgan fingerprint density at radius 1 is 0.139 bits per heavy atom. The fraction of sp³-hybridized carbons (Fsp3) is 0. The molecule has 0 spiro atoms. The van der Waals surface area contributed by atoms with Crippen molar-refractivity contribution in [3.05, 3.63) is 510 Å². The number of fused-ring (bicyclic) bond motifs is 21. The molecule has 8 nitrogen and oxygen atoms in total. The van der Waals surface area contributed by atoms with Crippen LogP contribution in [0.25, 0.3) is 248 Å². The summed E-state index contributed by atoms with van der Waals surface area (Å²) < 4.78 is 11.8. The Morgan fingerprint density at radius 2 is 0.423 bits per heavy atom. The Kier molecular flexibility index (Phi) is 19.4. The number of para-hydroxylation sites is 7. The zero-order chi connectivity index (χ0) is 90.4. The number of nitrogens with zero attached hydrogens (tertiary/aromatic N) is 8. The van der Waals surface area contributed by atoms with Gasteiger partial charge in [0.1, 0.15) is 11.6 Å². The average molecular weight is 1750 g/mol. The van der Waals surface area contributed by atoms with Gasteiger partial charge in [-0.25, -0.2) is 9.97 Å². The fourth-order valence-corrected chi connectivity index (χ4v) is 21.4. The van der Waals surface area contributed by atoms with E-state index in [2.05, 4.69) is 525 Å². The zero-order valence-electron chi connectivity index (χ0n) is 74.6. The Labute approximate surface area is 790 Å². The molecule has 0 radical (unpaired) electrons. The first kappa shape index (κ1) is 79.6. The molecule has 8 heteroatoms. The third-order valence-electron chi connectivity index (χ3n) is 27.5. The van der Waals surface area contributed by atoms with E-state index in [-0.39, 0.29) is 0 Å². The van der Waals surface area contributed by atoms with Crippen LogP contribution in [0.5, 0.6) is 0 Å². The van der Waals surface area contributed by atoms with Crippen molar-refractivity contribution in [2.75, 3.05) is 0 Å². The van der Waals surface area contributed by atoms with Gasteiger partial charge in [-0.2, -0.15) is 0 Å². The van der Waals surface area contributed by atoms with Crippen molar-refractivity contribution in [3.8, 4) is 107 Å². The van der Waals surface area contributed by atoms with Crippen LogP contribution in [-0.4, -0.2) is 37.8 Å². The van der Waals surface area contributed by atoms with Gasteiger partial charge in [0.15, 0.2) is 0 Å². The Hall–Kier alpha value is -18.4. The highest BCUT2D eigenvalue weighted by Gasteiger charge is 2.25. The third kappa shape index (κ3) is 13.7. The molecule has 28 rings (SSSR count). The van der Waals surface area contributed by atoms with E-state index in [1.54, 1.807) is 0 Å². The van der Waals surface area contributed by atoms with Gasteiger partial charge in [0, 0.05) is 94.4 Å². The SMILES string of the molecule is c1ccc(-c2cc(-c3ccccc3)nc(-n3c4ccccc4c4cc(-c5cccc6c5c5ccccc5n6-c5ccccc5)ccc43)c2)cc1.c1ccc(-c2cc(-c3ccccc3)nc(-n3c4ccccc4c4ccc(-c5cccc6c5c5ccccc5n6-c5ccccc5)cc43)c2)cc1.c1ccc2c(c1)c1ccccc1c1cc(-c3ccc4c(c3)c3ccccc3n4-c3ccncc3)ccc21. The molecule has 0 aliphatic carbocycles. The van der Waals surface area contributed by atoms with Crippen molar-refractivity contribution in [1.29, 1.82) is 0 Å². The second-order valence-corrected chi connectivity index (χ2v) is 35.2. The molecule has 0 bridgehead atoms. The predicted molar refractivity (Wildman–Crippen MR) is 575 cm³/mol. The quantitative estimate of drug-likeness (QED) is 0.115. The lowest BCUT2D eigenvalue weighted by Crippen LogP contribution is -2.00. The van der Waals surface area contributed by atoms with Crippen molar-refractivity contribution in [3.63, 3.8) is 0 Å². The molecule has 0 fully saturated rings. The van der Waals surface area contributed by atoms with Crippen molar-refractivity contribution in [2.24, 2.45) is 0 Å². The van der Waals surface area contributed by atoms with Crippen LogP contribution in [0, 0.1) is 0 Å². The summed E-state index contributed by atoms with van der Waals surface area (Å²) in [7, 11) is 0. The van der Waals surface area contributed by atoms with Crippen LogP contribution >= 0.6 is 0 Å². The molecule has 0 unspecified atom stereocenters. The molecular formula is C129H84N8. The van der Waals surface area contributed by atoms with E-state index in [1.165, 1.54) is 158 Å². The lowest BCUT2D eigenvalue weighted by molar-refractivity contribution is 1.08. The molecule has 20 aromatic carbocycles. The molecule has 8 aromatic heterocycles. The molecule has 0 atom stereocenters. The summed E-state index contributed by atoms with van der Waals surface area (Å²) in [5.41, 5.74) is 31.1. The first-order valence-electron chi connectivity index (χ1n) is 46.8. The van der Waals surface area contributed by atoms with Gasteiger partial charge in [-0.1, -0.05) is 358 Å². The molecule has 0 saturated heterocycles. The Balaban J connectivity index is 0.000000108. The number of hydrogen-bond donors (Lipinski definition) is 0. The highest BCUT2D eigenvalue weighted by Crippen LogP contribution is 2.47. The van der Waals surface area contributed by atoms with Crippen LogP contribution in [0.4, 0.5) is 0 Å². The topological polar surface area (TPSA) is 63.3 Å². The number of aromatic nitrogens is 8. The minimum atomic E-state index is 0.896. The standard InChI is InChI=1S/2C47H31N3.C35H22N2/c1-4-15-32(16-5-1)35-29-41(33-17-6-2-7-18-33)48-46(31-35)50-42-24-12-10-21-38(42)39-28-27-34(30-45(39)50)37-23-14-26-44-47(37)40-22-11-13-25-43(40)49(44)36-19-8-3-9-20-36;1-4-15-32(16-5-1)35-30-41(33-17-6-2-7-18-33)48-46(31-35)50-42-24-12-10-21-38(42)40-29-34(27-28-44(40)50)37-23-14-26-45-47(37)39-22-11-13-25-43(39)49(45)36-19-8-3-9-20-36;1-2-9-28-26(7-1)27-8-3-4-10-29(27)32-21-23(13-15-30(28)32)24-14-16-35-33(22-24)31-11-5-6-12-34(31)37(35)25-17-19-36-20-18-25/h2*1-31H;1-22H. The van der Waals surface area contributed by atoms with E-state index in [1.807, 2.05) is 12.4 Å². The molecule has 0 aliphatic heterocycles. The summed E-state index contributed by atoms with van der Waals surface area (Å²) in [6.45, 7) is 0. The maximum absolute atomic E-state index is 5.36. The normalized spacial score (nSPS) is 11.6. The van der Waals surface area contributed by atoms with Gasteiger partial charge < -0.3 is 13.7 Å². The van der Waals surface area contributed by atoms with Gasteiger partial charge in [-0.15, -0.1) is 0 Å². The lowest BCUT2D eigenvalue weighted by atomic mass is 9.92. The van der Waals surface area contributed by atoms with Gasteiger partial charge in [0.05, 0.1) is 66.6 Å². The third-order valence-corrected chi connectivity index (χ3v) is 27.5. The predicted octanol–water partition coefficient (Wildman–Crippen LogP) is 33.9. The fourth-order valence-electron chi connectivity index (χ4n) is 21.4. The molecule has 0 aliphatic rings. The summed E-state index contributed by atoms with van der Waals surface area (Å²) in [6.07, 6.45) is 3.71. The van der Waals surface area contributed by atoms with Crippen molar-refractivity contribution < 1.29 is 0 Å². The number of benzene rings is 20. The van der Waals surface area contributed by atoms with Crippen molar-refractivity contribution in [2.45, 2.75) is 0 Å².